The number of hydrogen-bond acceptors (Lipinski definition) is 4. The van der Waals surface area contributed by atoms with Crippen molar-refractivity contribution in [1.82, 2.24) is 5.32 Å². The van der Waals surface area contributed by atoms with Crippen LogP contribution in [0, 0.1) is 6.92 Å². The van der Waals surface area contributed by atoms with Gasteiger partial charge < -0.3 is 19.7 Å². The molecule has 1 saturated heterocycles. The lowest BCUT2D eigenvalue weighted by Crippen LogP contribution is -2.41. The molecule has 0 atom stereocenters. The predicted octanol–water partition coefficient (Wildman–Crippen LogP) is 2.72. The molecule has 2 rings (SSSR count). The maximum absolute atomic E-state index is 9.24. The minimum absolute atomic E-state index is 0.0609. The van der Waals surface area contributed by atoms with Crippen molar-refractivity contribution < 1.29 is 14.4 Å². The smallest absolute Gasteiger partial charge is 0.400 e. The maximum atomic E-state index is 9.24. The van der Waals surface area contributed by atoms with Gasteiger partial charge in [0.25, 0.3) is 0 Å². The Bertz CT molecular complexity index is 580. The Morgan fingerprint density at radius 1 is 1.22 bits per heavy atom. The van der Waals surface area contributed by atoms with E-state index in [0.29, 0.717) is 6.54 Å². The molecule has 126 valence electrons. The molecule has 1 aromatic carbocycles. The van der Waals surface area contributed by atoms with Crippen molar-refractivity contribution in [2.45, 2.75) is 52.4 Å². The Hall–Kier alpha value is -1.14. The van der Waals surface area contributed by atoms with Gasteiger partial charge in [-0.15, -0.1) is 0 Å². The second-order valence-electron chi connectivity index (χ2n) is 7.19. The number of hydrogen-bond donors (Lipinski definition) is 2. The minimum atomic E-state index is -0.357. The summed E-state index contributed by atoms with van der Waals surface area (Å²) in [4.78, 5) is 0. The van der Waals surface area contributed by atoms with E-state index in [1.54, 1.807) is 0 Å². The Kier molecular flexibility index (Phi) is 5.36. The van der Waals surface area contributed by atoms with Crippen LogP contribution in [-0.2, 0) is 15.9 Å². The molecule has 0 unspecified atom stereocenters. The first-order chi connectivity index (χ1) is 10.7. The first kappa shape index (κ1) is 18.2. The van der Waals surface area contributed by atoms with E-state index in [2.05, 4.69) is 39.1 Å². The number of aryl methyl sites for hydroxylation is 1. The van der Waals surface area contributed by atoms with E-state index in [9.17, 15) is 5.11 Å². The summed E-state index contributed by atoms with van der Waals surface area (Å²) in [5.74, 6) is 0. The number of benzene rings is 1. The molecular weight excluding hydrogens is 289 g/mol. The van der Waals surface area contributed by atoms with E-state index in [4.69, 9.17) is 9.31 Å². The summed E-state index contributed by atoms with van der Waals surface area (Å²) < 4.78 is 12.3. The molecule has 5 heteroatoms. The van der Waals surface area contributed by atoms with Gasteiger partial charge in [-0.05, 0) is 63.8 Å². The zero-order chi connectivity index (χ0) is 17.3. The monoisotopic (exact) mass is 317 g/mol. The lowest BCUT2D eigenvalue weighted by Gasteiger charge is -2.32. The number of likely N-dealkylation sites (N-methyl/N-ethyl adjacent to an activating group) is 1. The summed E-state index contributed by atoms with van der Waals surface area (Å²) in [5.41, 5.74) is 3.53. The SMILES string of the molecule is CNCC(=Cc1ccc(CO)cc1C)B1OC(C)(C)C(C)(C)O1. The van der Waals surface area contributed by atoms with Gasteiger partial charge in [0.2, 0.25) is 0 Å². The largest absolute Gasteiger partial charge is 0.491 e. The van der Waals surface area contributed by atoms with Gasteiger partial charge in [0, 0.05) is 6.54 Å². The van der Waals surface area contributed by atoms with Gasteiger partial charge in [-0.3, -0.25) is 0 Å². The van der Waals surface area contributed by atoms with Gasteiger partial charge in [-0.2, -0.15) is 0 Å². The lowest BCUT2D eigenvalue weighted by molar-refractivity contribution is 0.00578. The third-order valence-electron chi connectivity index (χ3n) is 4.79. The zero-order valence-corrected chi connectivity index (χ0v) is 15.1. The number of aliphatic hydroxyl groups excluding tert-OH is 1. The summed E-state index contributed by atoms with van der Waals surface area (Å²) in [6, 6.07) is 5.98. The van der Waals surface area contributed by atoms with Crippen LogP contribution in [0.15, 0.2) is 23.7 Å². The molecule has 2 N–H and O–H groups in total. The van der Waals surface area contributed by atoms with Crippen molar-refractivity contribution >= 4 is 13.2 Å². The van der Waals surface area contributed by atoms with Crippen molar-refractivity contribution in [1.29, 1.82) is 0 Å². The first-order valence-electron chi connectivity index (χ1n) is 8.11. The second kappa shape index (κ2) is 6.77. The molecule has 0 saturated carbocycles. The van der Waals surface area contributed by atoms with Gasteiger partial charge in [0.05, 0.1) is 17.8 Å². The predicted molar refractivity (Wildman–Crippen MR) is 95.1 cm³/mol. The fourth-order valence-electron chi connectivity index (χ4n) is 2.60. The van der Waals surface area contributed by atoms with Crippen LogP contribution < -0.4 is 5.32 Å². The molecule has 1 aromatic rings. The maximum Gasteiger partial charge on any atom is 0.491 e. The van der Waals surface area contributed by atoms with E-state index in [0.717, 1.165) is 22.2 Å². The third-order valence-corrected chi connectivity index (χ3v) is 4.79. The van der Waals surface area contributed by atoms with Crippen LogP contribution in [-0.4, -0.2) is 37.0 Å². The number of aliphatic hydroxyl groups is 1. The normalized spacial score (nSPS) is 20.1. The Labute approximate surface area is 140 Å². The molecular formula is C18H28BNO3. The van der Waals surface area contributed by atoms with Crippen molar-refractivity contribution in [3.63, 3.8) is 0 Å². The van der Waals surface area contributed by atoms with Crippen LogP contribution in [0.4, 0.5) is 0 Å². The van der Waals surface area contributed by atoms with Crippen molar-refractivity contribution in [2.24, 2.45) is 0 Å². The first-order valence-corrected chi connectivity index (χ1v) is 8.11. The van der Waals surface area contributed by atoms with E-state index in [1.165, 1.54) is 0 Å². The summed E-state index contributed by atoms with van der Waals surface area (Å²) in [6.07, 6.45) is 2.12. The highest BCUT2D eigenvalue weighted by atomic mass is 16.7. The number of rotatable bonds is 5. The summed E-state index contributed by atoms with van der Waals surface area (Å²) in [7, 11) is 1.56. The Balaban J connectivity index is 2.32. The van der Waals surface area contributed by atoms with Crippen molar-refractivity contribution in [2.75, 3.05) is 13.6 Å². The lowest BCUT2D eigenvalue weighted by atomic mass is 9.76. The van der Waals surface area contributed by atoms with Crippen LogP contribution in [0.2, 0.25) is 0 Å². The van der Waals surface area contributed by atoms with Crippen LogP contribution >= 0.6 is 0 Å². The quantitative estimate of drug-likeness (QED) is 0.820. The average molecular weight is 317 g/mol. The summed E-state index contributed by atoms with van der Waals surface area (Å²) in [5, 5.41) is 12.4. The summed E-state index contributed by atoms with van der Waals surface area (Å²) in [6.45, 7) is 11.0. The molecule has 0 bridgehead atoms. The molecule has 0 aromatic heterocycles. The highest BCUT2D eigenvalue weighted by molar-refractivity contribution is 6.55. The van der Waals surface area contributed by atoms with Crippen molar-refractivity contribution in [3.05, 3.63) is 40.4 Å². The topological polar surface area (TPSA) is 50.7 Å². The fourth-order valence-corrected chi connectivity index (χ4v) is 2.60. The molecule has 1 aliphatic rings. The van der Waals surface area contributed by atoms with Gasteiger partial charge in [0.15, 0.2) is 0 Å². The van der Waals surface area contributed by atoms with E-state index >= 15 is 0 Å². The van der Waals surface area contributed by atoms with E-state index < -0.39 is 0 Å². The van der Waals surface area contributed by atoms with E-state index in [-0.39, 0.29) is 24.9 Å². The molecule has 1 aliphatic heterocycles. The second-order valence-corrected chi connectivity index (χ2v) is 7.19. The van der Waals surface area contributed by atoms with Gasteiger partial charge in [-0.25, -0.2) is 0 Å². The van der Waals surface area contributed by atoms with E-state index in [1.807, 2.05) is 32.2 Å². The van der Waals surface area contributed by atoms with Crippen LogP contribution in [0.25, 0.3) is 6.08 Å². The highest BCUT2D eigenvalue weighted by Gasteiger charge is 2.52. The highest BCUT2D eigenvalue weighted by Crippen LogP contribution is 2.38. The number of nitrogens with one attached hydrogen (secondary N) is 1. The van der Waals surface area contributed by atoms with Crippen LogP contribution in [0.1, 0.15) is 44.4 Å². The summed E-state index contributed by atoms with van der Waals surface area (Å²) >= 11 is 0. The third kappa shape index (κ3) is 3.86. The van der Waals surface area contributed by atoms with Crippen molar-refractivity contribution in [3.8, 4) is 0 Å². The van der Waals surface area contributed by atoms with Gasteiger partial charge >= 0.3 is 7.12 Å². The van der Waals surface area contributed by atoms with Gasteiger partial charge in [-0.1, -0.05) is 24.3 Å². The Morgan fingerprint density at radius 3 is 2.30 bits per heavy atom. The standard InChI is InChI=1S/C18H28BNO3/c1-13-9-14(12-21)7-8-15(13)10-16(11-20-6)19-22-17(2,3)18(4,5)23-19/h7-10,20-21H,11-12H2,1-6H3. The Morgan fingerprint density at radius 2 is 1.83 bits per heavy atom. The molecule has 0 amide bonds. The molecule has 0 spiro atoms. The fraction of sp³-hybridized carbons (Fsp3) is 0.556. The average Bonchev–Trinajstić information content (AvgIpc) is 2.68. The van der Waals surface area contributed by atoms with Crippen LogP contribution in [0.3, 0.4) is 0 Å². The van der Waals surface area contributed by atoms with Gasteiger partial charge in [0.1, 0.15) is 0 Å². The zero-order valence-electron chi connectivity index (χ0n) is 15.1. The molecule has 4 nitrogen and oxygen atoms in total. The molecule has 1 fully saturated rings. The molecule has 23 heavy (non-hydrogen) atoms. The van der Waals surface area contributed by atoms with Crippen LogP contribution in [0.5, 0.6) is 0 Å². The molecule has 0 radical (unpaired) electrons. The minimum Gasteiger partial charge on any atom is -0.400 e. The molecule has 1 heterocycles. The molecule has 0 aliphatic carbocycles.